The van der Waals surface area contributed by atoms with Crippen LogP contribution in [0, 0.1) is 0 Å². The number of hydrogen-bond donors (Lipinski definition) is 1. The largest absolute Gasteiger partial charge is 0.314 e. The summed E-state index contributed by atoms with van der Waals surface area (Å²) >= 11 is 3.70. The number of thioether (sulfide) groups is 1. The fraction of sp³-hybridized carbons (Fsp3) is 0.700. The van der Waals surface area contributed by atoms with Crippen LogP contribution < -0.4 is 5.32 Å². The van der Waals surface area contributed by atoms with Crippen LogP contribution in [-0.2, 0) is 12.3 Å². The lowest BCUT2D eigenvalue weighted by Crippen LogP contribution is -2.08. The minimum absolute atomic E-state index is 0.328. The second-order valence-corrected chi connectivity index (χ2v) is 6.91. The van der Waals surface area contributed by atoms with Crippen molar-refractivity contribution >= 4 is 23.1 Å². The van der Waals surface area contributed by atoms with Gasteiger partial charge in [0.15, 0.2) is 0 Å². The Morgan fingerprint density at radius 2 is 2.21 bits per heavy atom. The highest BCUT2D eigenvalue weighted by Crippen LogP contribution is 2.28. The van der Waals surface area contributed by atoms with Crippen molar-refractivity contribution in [2.24, 2.45) is 0 Å². The molecule has 0 atom stereocenters. The Hall–Kier alpha value is -0.0600. The number of aromatic nitrogens is 1. The van der Waals surface area contributed by atoms with Gasteiger partial charge in [0, 0.05) is 22.4 Å². The smallest absolute Gasteiger partial charge is 0.103 e. The molecular weight excluding hydrogens is 212 g/mol. The molecule has 0 unspecified atom stereocenters. The average Bonchev–Trinajstić information content (AvgIpc) is 2.49. The first-order valence-electron chi connectivity index (χ1n) is 4.73. The van der Waals surface area contributed by atoms with Gasteiger partial charge in [-0.1, -0.05) is 20.8 Å². The molecule has 4 heteroatoms. The first-order chi connectivity index (χ1) is 6.51. The van der Waals surface area contributed by atoms with Crippen LogP contribution in [-0.4, -0.2) is 16.8 Å². The van der Waals surface area contributed by atoms with E-state index < -0.39 is 0 Å². The van der Waals surface area contributed by atoms with Crippen LogP contribution >= 0.6 is 23.1 Å². The van der Waals surface area contributed by atoms with Crippen molar-refractivity contribution in [1.82, 2.24) is 10.3 Å². The third-order valence-electron chi connectivity index (χ3n) is 1.59. The average molecular weight is 230 g/mol. The van der Waals surface area contributed by atoms with E-state index in [9.17, 15) is 0 Å². The maximum atomic E-state index is 4.54. The van der Waals surface area contributed by atoms with Gasteiger partial charge in [-0.3, -0.25) is 0 Å². The molecular formula is C10H18N2S2. The molecule has 0 saturated carbocycles. The molecule has 1 N–H and O–H groups in total. The molecule has 1 rings (SSSR count). The summed E-state index contributed by atoms with van der Waals surface area (Å²) in [4.78, 5) is 4.54. The van der Waals surface area contributed by atoms with Crippen molar-refractivity contribution in [3.8, 4) is 0 Å². The van der Waals surface area contributed by atoms with Crippen LogP contribution in [0.15, 0.2) is 5.38 Å². The van der Waals surface area contributed by atoms with E-state index in [2.05, 4.69) is 36.5 Å². The van der Waals surface area contributed by atoms with Crippen LogP contribution in [0.3, 0.4) is 0 Å². The Labute approximate surface area is 94.5 Å². The SMILES string of the molecule is CNCc1csc(CSC(C)(C)C)n1. The van der Waals surface area contributed by atoms with Crippen LogP contribution in [0.25, 0.3) is 0 Å². The van der Waals surface area contributed by atoms with E-state index in [4.69, 9.17) is 0 Å². The molecule has 80 valence electrons. The van der Waals surface area contributed by atoms with E-state index in [0.29, 0.717) is 4.75 Å². The Morgan fingerprint density at radius 3 is 2.79 bits per heavy atom. The fourth-order valence-corrected chi connectivity index (χ4v) is 2.60. The number of thiazole rings is 1. The Bertz CT molecular complexity index is 276. The predicted molar refractivity (Wildman–Crippen MR) is 65.9 cm³/mol. The number of hydrogen-bond acceptors (Lipinski definition) is 4. The molecule has 0 aliphatic rings. The van der Waals surface area contributed by atoms with E-state index in [-0.39, 0.29) is 0 Å². The first kappa shape index (κ1) is 12.0. The van der Waals surface area contributed by atoms with Crippen LogP contribution in [0.4, 0.5) is 0 Å². The van der Waals surface area contributed by atoms with Crippen LogP contribution in [0.2, 0.25) is 0 Å². The summed E-state index contributed by atoms with van der Waals surface area (Å²) in [5, 5.41) is 6.47. The maximum Gasteiger partial charge on any atom is 0.103 e. The lowest BCUT2D eigenvalue weighted by molar-refractivity contribution is 0.791. The van der Waals surface area contributed by atoms with Crippen LogP contribution in [0.5, 0.6) is 0 Å². The molecule has 0 fully saturated rings. The van der Waals surface area contributed by atoms with Gasteiger partial charge >= 0.3 is 0 Å². The van der Waals surface area contributed by atoms with Gasteiger partial charge in [0.2, 0.25) is 0 Å². The molecule has 14 heavy (non-hydrogen) atoms. The summed E-state index contributed by atoms with van der Waals surface area (Å²) in [5.41, 5.74) is 1.15. The highest BCUT2D eigenvalue weighted by Gasteiger charge is 2.11. The predicted octanol–water partition coefficient (Wildman–Crippen LogP) is 2.89. The Balaban J connectivity index is 2.44. The van der Waals surface area contributed by atoms with Gasteiger partial charge < -0.3 is 5.32 Å². The molecule has 0 bridgehead atoms. The molecule has 0 amide bonds. The summed E-state index contributed by atoms with van der Waals surface area (Å²) in [6, 6.07) is 0. The van der Waals surface area contributed by atoms with E-state index in [1.165, 1.54) is 5.01 Å². The second-order valence-electron chi connectivity index (χ2n) is 4.16. The van der Waals surface area contributed by atoms with Crippen molar-refractivity contribution < 1.29 is 0 Å². The second kappa shape index (κ2) is 5.14. The first-order valence-corrected chi connectivity index (χ1v) is 6.59. The zero-order valence-electron chi connectivity index (χ0n) is 9.26. The van der Waals surface area contributed by atoms with Gasteiger partial charge in [-0.05, 0) is 7.05 Å². The minimum atomic E-state index is 0.328. The number of nitrogens with zero attached hydrogens (tertiary/aromatic N) is 1. The van der Waals surface area contributed by atoms with Crippen molar-refractivity contribution in [1.29, 1.82) is 0 Å². The van der Waals surface area contributed by atoms with Gasteiger partial charge in [0.05, 0.1) is 5.69 Å². The molecule has 1 aromatic rings. The summed E-state index contributed by atoms with van der Waals surface area (Å²) in [6.07, 6.45) is 0. The van der Waals surface area contributed by atoms with Crippen LogP contribution in [0.1, 0.15) is 31.5 Å². The number of rotatable bonds is 4. The highest BCUT2D eigenvalue weighted by molar-refractivity contribution is 7.99. The van der Waals surface area contributed by atoms with Gasteiger partial charge in [-0.2, -0.15) is 0 Å². The van der Waals surface area contributed by atoms with Gasteiger partial charge in [0.1, 0.15) is 5.01 Å². The van der Waals surface area contributed by atoms with Crippen molar-refractivity contribution in [2.75, 3.05) is 7.05 Å². The van der Waals surface area contributed by atoms with Gasteiger partial charge in [-0.25, -0.2) is 4.98 Å². The molecule has 1 aromatic heterocycles. The molecule has 0 aromatic carbocycles. The van der Waals surface area contributed by atoms with Gasteiger partial charge in [-0.15, -0.1) is 23.1 Å². The van der Waals surface area contributed by atoms with E-state index >= 15 is 0 Å². The zero-order valence-corrected chi connectivity index (χ0v) is 10.9. The minimum Gasteiger partial charge on any atom is -0.314 e. The third kappa shape index (κ3) is 4.44. The Morgan fingerprint density at radius 1 is 1.50 bits per heavy atom. The molecule has 0 aliphatic carbocycles. The zero-order chi connectivity index (χ0) is 10.6. The number of nitrogens with one attached hydrogen (secondary N) is 1. The molecule has 0 spiro atoms. The van der Waals surface area contributed by atoms with E-state index in [0.717, 1.165) is 18.0 Å². The van der Waals surface area contributed by atoms with E-state index in [1.807, 2.05) is 18.8 Å². The fourth-order valence-electron chi connectivity index (χ4n) is 0.956. The van der Waals surface area contributed by atoms with E-state index in [1.54, 1.807) is 11.3 Å². The van der Waals surface area contributed by atoms with Gasteiger partial charge in [0.25, 0.3) is 0 Å². The lowest BCUT2D eigenvalue weighted by atomic mass is 10.3. The van der Waals surface area contributed by atoms with Crippen molar-refractivity contribution in [2.45, 2.75) is 37.8 Å². The van der Waals surface area contributed by atoms with Crippen molar-refractivity contribution in [3.63, 3.8) is 0 Å². The lowest BCUT2D eigenvalue weighted by Gasteiger charge is -2.16. The monoisotopic (exact) mass is 230 g/mol. The summed E-state index contributed by atoms with van der Waals surface area (Å²) < 4.78 is 0.328. The summed E-state index contributed by atoms with van der Waals surface area (Å²) in [6.45, 7) is 7.58. The normalized spacial score (nSPS) is 12.0. The molecule has 0 saturated heterocycles. The summed E-state index contributed by atoms with van der Waals surface area (Å²) in [7, 11) is 1.95. The highest BCUT2D eigenvalue weighted by atomic mass is 32.2. The quantitative estimate of drug-likeness (QED) is 0.861. The third-order valence-corrected chi connectivity index (χ3v) is 3.95. The maximum absolute atomic E-state index is 4.54. The van der Waals surface area contributed by atoms with Crippen molar-refractivity contribution in [3.05, 3.63) is 16.1 Å². The molecule has 1 heterocycles. The molecule has 0 radical (unpaired) electrons. The molecule has 0 aliphatic heterocycles. The standard InChI is InChI=1S/C10H18N2S2/c1-10(2,3)14-7-9-12-8(5-11-4)6-13-9/h6,11H,5,7H2,1-4H3. The topological polar surface area (TPSA) is 24.9 Å². The summed E-state index contributed by atoms with van der Waals surface area (Å²) in [5.74, 6) is 1.03. The molecule has 2 nitrogen and oxygen atoms in total. The Kier molecular flexibility index (Phi) is 4.41.